The third-order valence-electron chi connectivity index (χ3n) is 1.09. The molecule has 10 heavy (non-hydrogen) atoms. The highest BCUT2D eigenvalue weighted by atomic mass is 16.5. The van der Waals surface area contributed by atoms with Gasteiger partial charge in [-0.2, -0.15) is 0 Å². The molecule has 1 rings (SSSR count). The van der Waals surface area contributed by atoms with Crippen molar-refractivity contribution in [3.8, 4) is 0 Å². The molecule has 1 aromatic rings. The van der Waals surface area contributed by atoms with Crippen LogP contribution in [-0.2, 0) is 0 Å². The average molecular weight is 136 g/mol. The molecule has 0 spiro atoms. The Morgan fingerprint density at radius 2 is 2.60 bits per heavy atom. The fourth-order valence-electron chi connectivity index (χ4n) is 0.625. The summed E-state index contributed by atoms with van der Waals surface area (Å²) >= 11 is 0. The largest absolute Gasteiger partial charge is 0.355 e. The molecule has 0 aromatic carbocycles. The molecular weight excluding hydrogens is 128 g/mol. The summed E-state index contributed by atoms with van der Waals surface area (Å²) in [5, 5.41) is 3.57. The van der Waals surface area contributed by atoms with Crippen LogP contribution in [0.2, 0.25) is 0 Å². The summed E-state index contributed by atoms with van der Waals surface area (Å²) < 4.78 is 4.83. The zero-order valence-electron chi connectivity index (χ0n) is 5.74. The first kappa shape index (κ1) is 6.74. The molecule has 1 aromatic heterocycles. The molecular formula is C7H8N2O. The summed E-state index contributed by atoms with van der Waals surface area (Å²) in [6, 6.07) is 0. The lowest BCUT2D eigenvalue weighted by Crippen LogP contribution is -1.77. The Bertz CT molecular complexity index is 250. The number of aliphatic imine (C=N–C) groups is 1. The van der Waals surface area contributed by atoms with E-state index < -0.39 is 0 Å². The third-order valence-corrected chi connectivity index (χ3v) is 1.09. The normalized spacial score (nSPS) is 10.5. The minimum Gasteiger partial charge on any atom is -0.355 e. The molecule has 0 saturated heterocycles. The maximum absolute atomic E-state index is 4.83. The van der Waals surface area contributed by atoms with E-state index in [9.17, 15) is 0 Å². The van der Waals surface area contributed by atoms with E-state index in [0.717, 1.165) is 5.56 Å². The highest BCUT2D eigenvalue weighted by Crippen LogP contribution is 2.05. The molecule has 0 atom stereocenters. The van der Waals surface area contributed by atoms with Crippen LogP contribution in [0.25, 0.3) is 6.08 Å². The van der Waals surface area contributed by atoms with Crippen LogP contribution in [0.3, 0.4) is 0 Å². The number of aromatic nitrogens is 1. The van der Waals surface area contributed by atoms with E-state index >= 15 is 0 Å². The van der Waals surface area contributed by atoms with Crippen molar-refractivity contribution < 1.29 is 4.52 Å². The van der Waals surface area contributed by atoms with Gasteiger partial charge >= 0.3 is 0 Å². The number of rotatable bonds is 2. The Morgan fingerprint density at radius 1 is 1.80 bits per heavy atom. The van der Waals surface area contributed by atoms with Crippen molar-refractivity contribution in [1.29, 1.82) is 0 Å². The van der Waals surface area contributed by atoms with Gasteiger partial charge in [-0.15, -0.1) is 0 Å². The molecule has 1 heterocycles. The van der Waals surface area contributed by atoms with Gasteiger partial charge < -0.3 is 4.52 Å². The molecule has 0 aliphatic carbocycles. The molecule has 52 valence electrons. The lowest BCUT2D eigenvalue weighted by molar-refractivity contribution is 0.415. The summed E-state index contributed by atoms with van der Waals surface area (Å²) in [6.45, 7) is 3.58. The lowest BCUT2D eigenvalue weighted by atomic mass is 10.3. The van der Waals surface area contributed by atoms with Crippen LogP contribution >= 0.6 is 0 Å². The Kier molecular flexibility index (Phi) is 1.99. The van der Waals surface area contributed by atoms with Crippen molar-refractivity contribution in [2.45, 2.75) is 0 Å². The van der Waals surface area contributed by atoms with Crippen molar-refractivity contribution >= 4 is 12.3 Å². The predicted molar refractivity (Wildman–Crippen MR) is 40.1 cm³/mol. The highest BCUT2D eigenvalue weighted by molar-refractivity contribution is 5.81. The van der Waals surface area contributed by atoms with Gasteiger partial charge in [0.05, 0.1) is 12.4 Å². The van der Waals surface area contributed by atoms with Gasteiger partial charge in [0.2, 0.25) is 0 Å². The lowest BCUT2D eigenvalue weighted by Gasteiger charge is -1.82. The van der Waals surface area contributed by atoms with Crippen molar-refractivity contribution in [1.82, 2.24) is 5.16 Å². The molecule has 3 heteroatoms. The molecule has 0 radical (unpaired) electrons. The van der Waals surface area contributed by atoms with Gasteiger partial charge in [0, 0.05) is 12.6 Å². The van der Waals surface area contributed by atoms with E-state index in [1.54, 1.807) is 25.5 Å². The molecule has 0 aliphatic rings. The smallest absolute Gasteiger partial charge is 0.184 e. The van der Waals surface area contributed by atoms with Gasteiger partial charge in [-0.1, -0.05) is 17.8 Å². The molecule has 0 fully saturated rings. The Balaban J connectivity index is 3.00. The quantitative estimate of drug-likeness (QED) is 0.576. The maximum atomic E-state index is 4.83. The van der Waals surface area contributed by atoms with Gasteiger partial charge in [0.1, 0.15) is 0 Å². The monoisotopic (exact) mass is 136 g/mol. The Labute approximate surface area is 59.1 Å². The van der Waals surface area contributed by atoms with Crippen LogP contribution in [0.1, 0.15) is 11.3 Å². The van der Waals surface area contributed by atoms with Crippen LogP contribution in [0.5, 0.6) is 0 Å². The van der Waals surface area contributed by atoms with E-state index in [1.807, 2.05) is 0 Å². The second-order valence-electron chi connectivity index (χ2n) is 1.74. The Morgan fingerprint density at radius 3 is 3.20 bits per heavy atom. The van der Waals surface area contributed by atoms with Crippen LogP contribution in [0.15, 0.2) is 22.3 Å². The van der Waals surface area contributed by atoms with Crippen molar-refractivity contribution in [3.63, 3.8) is 0 Å². The van der Waals surface area contributed by atoms with E-state index in [4.69, 9.17) is 4.52 Å². The van der Waals surface area contributed by atoms with Crippen molar-refractivity contribution in [3.05, 3.63) is 24.1 Å². The average Bonchev–Trinajstić information content (AvgIpc) is 2.36. The minimum absolute atomic E-state index is 0.650. The topological polar surface area (TPSA) is 38.4 Å². The fourth-order valence-corrected chi connectivity index (χ4v) is 0.625. The second kappa shape index (κ2) is 2.96. The molecule has 3 nitrogen and oxygen atoms in total. The zero-order valence-corrected chi connectivity index (χ0v) is 5.74. The molecule has 0 N–H and O–H groups in total. The molecule has 0 aliphatic heterocycles. The van der Waals surface area contributed by atoms with Gasteiger partial charge in [-0.25, -0.2) is 0 Å². The van der Waals surface area contributed by atoms with Gasteiger partial charge in [-0.05, 0) is 0 Å². The van der Waals surface area contributed by atoms with E-state index in [0.29, 0.717) is 5.76 Å². The summed E-state index contributed by atoms with van der Waals surface area (Å²) in [7, 11) is 1.68. The first-order valence-electron chi connectivity index (χ1n) is 2.87. The predicted octanol–water partition coefficient (Wildman–Crippen LogP) is 1.37. The number of hydrogen-bond donors (Lipinski definition) is 0. The number of nitrogens with zero attached hydrogens (tertiary/aromatic N) is 2. The van der Waals surface area contributed by atoms with Gasteiger partial charge in [-0.3, -0.25) is 4.99 Å². The summed E-state index contributed by atoms with van der Waals surface area (Å²) in [5.74, 6) is 0.650. The van der Waals surface area contributed by atoms with Gasteiger partial charge in [0.25, 0.3) is 0 Å². The third kappa shape index (κ3) is 1.13. The maximum Gasteiger partial charge on any atom is 0.184 e. The van der Waals surface area contributed by atoms with E-state index in [1.165, 1.54) is 0 Å². The number of hydrogen-bond acceptors (Lipinski definition) is 3. The fraction of sp³-hybridized carbons (Fsp3) is 0.143. The Hall–Kier alpha value is -1.38. The second-order valence-corrected chi connectivity index (χ2v) is 1.74. The minimum atomic E-state index is 0.650. The van der Waals surface area contributed by atoms with Crippen LogP contribution in [-0.4, -0.2) is 18.4 Å². The summed E-state index contributed by atoms with van der Waals surface area (Å²) in [4.78, 5) is 3.78. The van der Waals surface area contributed by atoms with Crippen LogP contribution < -0.4 is 0 Å². The van der Waals surface area contributed by atoms with Crippen LogP contribution in [0.4, 0.5) is 0 Å². The molecule has 0 saturated carbocycles. The summed E-state index contributed by atoms with van der Waals surface area (Å²) in [5.41, 5.74) is 0.866. The molecule has 0 unspecified atom stereocenters. The van der Waals surface area contributed by atoms with E-state index in [-0.39, 0.29) is 0 Å². The molecule has 0 bridgehead atoms. The van der Waals surface area contributed by atoms with E-state index in [2.05, 4.69) is 16.7 Å². The van der Waals surface area contributed by atoms with Crippen molar-refractivity contribution in [2.75, 3.05) is 7.05 Å². The van der Waals surface area contributed by atoms with Gasteiger partial charge in [0.15, 0.2) is 5.76 Å². The zero-order chi connectivity index (χ0) is 7.40. The highest BCUT2D eigenvalue weighted by Gasteiger charge is 1.98. The standard InChI is InChI=1S/C7H8N2O/c1-3-6-4-9-10-7(6)5-8-2/h3-5H,1H2,2H3/b8-5-. The van der Waals surface area contributed by atoms with Crippen LogP contribution in [0, 0.1) is 0 Å². The summed E-state index contributed by atoms with van der Waals surface area (Å²) in [6.07, 6.45) is 4.88. The first-order valence-corrected chi connectivity index (χ1v) is 2.87. The first-order chi connectivity index (χ1) is 4.88. The SMILES string of the molecule is C=Cc1cnoc1/C=N\C. The molecule has 0 amide bonds. The van der Waals surface area contributed by atoms with Crippen molar-refractivity contribution in [2.24, 2.45) is 4.99 Å².